The molecule has 0 bridgehead atoms. The molecule has 23 heavy (non-hydrogen) atoms. The number of aryl methyl sites for hydroxylation is 1. The van der Waals surface area contributed by atoms with Crippen LogP contribution in [0, 0.1) is 12.3 Å². The standard InChI is InChI=1S/C16H22N4O2.ClH/c1-11-3-4-14(22-11)12-9-13(20-19-12)15(21)18-10-16(2)5-7-17-8-6-16;/h3-4,9,17H,5-8,10H2,1-2H3,(H,18,21)(H,19,20);1H. The van der Waals surface area contributed by atoms with Crippen molar-refractivity contribution in [2.45, 2.75) is 26.7 Å². The number of furan rings is 1. The van der Waals surface area contributed by atoms with Gasteiger partial charge in [-0.2, -0.15) is 5.10 Å². The fourth-order valence-corrected chi connectivity index (χ4v) is 2.73. The van der Waals surface area contributed by atoms with E-state index < -0.39 is 0 Å². The fraction of sp³-hybridized carbons (Fsp3) is 0.500. The first kappa shape index (κ1) is 17.6. The van der Waals surface area contributed by atoms with Gasteiger partial charge in [-0.25, -0.2) is 0 Å². The molecule has 1 fully saturated rings. The van der Waals surface area contributed by atoms with Gasteiger partial charge in [-0.3, -0.25) is 9.89 Å². The number of carbonyl (C=O) groups excluding carboxylic acids is 1. The molecule has 2 aromatic rings. The van der Waals surface area contributed by atoms with Gasteiger partial charge in [-0.15, -0.1) is 12.4 Å². The molecule has 1 aliphatic heterocycles. The normalized spacial score (nSPS) is 16.6. The van der Waals surface area contributed by atoms with E-state index in [-0.39, 0.29) is 23.7 Å². The average Bonchev–Trinajstić information content (AvgIpc) is 3.14. The van der Waals surface area contributed by atoms with E-state index in [1.807, 2.05) is 19.1 Å². The first-order chi connectivity index (χ1) is 10.6. The highest BCUT2D eigenvalue weighted by Gasteiger charge is 2.27. The zero-order valence-corrected chi connectivity index (χ0v) is 14.3. The Balaban J connectivity index is 0.00000192. The molecular weight excluding hydrogens is 316 g/mol. The molecule has 0 aliphatic carbocycles. The van der Waals surface area contributed by atoms with Crippen molar-refractivity contribution in [3.8, 4) is 11.5 Å². The number of nitrogens with zero attached hydrogens (tertiary/aromatic N) is 1. The number of nitrogens with one attached hydrogen (secondary N) is 3. The first-order valence-electron chi connectivity index (χ1n) is 7.67. The maximum Gasteiger partial charge on any atom is 0.271 e. The molecule has 6 nitrogen and oxygen atoms in total. The van der Waals surface area contributed by atoms with E-state index in [0.29, 0.717) is 23.7 Å². The molecule has 1 amide bonds. The maximum atomic E-state index is 12.2. The lowest BCUT2D eigenvalue weighted by Gasteiger charge is -2.34. The minimum absolute atomic E-state index is 0. The molecular formula is C16H23ClN4O2. The summed E-state index contributed by atoms with van der Waals surface area (Å²) in [6, 6.07) is 5.47. The van der Waals surface area contributed by atoms with Gasteiger partial charge in [0.25, 0.3) is 5.91 Å². The number of carbonyl (C=O) groups is 1. The van der Waals surface area contributed by atoms with Crippen LogP contribution in [0.2, 0.25) is 0 Å². The second kappa shape index (κ2) is 7.19. The molecule has 0 aromatic carbocycles. The Morgan fingerprint density at radius 2 is 2.13 bits per heavy atom. The van der Waals surface area contributed by atoms with Crippen molar-refractivity contribution in [2.24, 2.45) is 5.41 Å². The third-order valence-electron chi connectivity index (χ3n) is 4.30. The lowest BCUT2D eigenvalue weighted by atomic mass is 9.81. The summed E-state index contributed by atoms with van der Waals surface area (Å²) in [6.45, 7) is 6.80. The van der Waals surface area contributed by atoms with Crippen molar-refractivity contribution < 1.29 is 9.21 Å². The van der Waals surface area contributed by atoms with Gasteiger partial charge in [0, 0.05) is 12.6 Å². The minimum Gasteiger partial charge on any atom is -0.460 e. The predicted octanol–water partition coefficient (Wildman–Crippen LogP) is 2.52. The van der Waals surface area contributed by atoms with Crippen molar-refractivity contribution >= 4 is 18.3 Å². The number of amides is 1. The zero-order chi connectivity index (χ0) is 15.6. The summed E-state index contributed by atoms with van der Waals surface area (Å²) in [4.78, 5) is 12.2. The van der Waals surface area contributed by atoms with E-state index in [4.69, 9.17) is 4.42 Å². The molecule has 0 unspecified atom stereocenters. The van der Waals surface area contributed by atoms with Gasteiger partial charge in [0.2, 0.25) is 0 Å². The molecule has 2 aromatic heterocycles. The van der Waals surface area contributed by atoms with Gasteiger partial charge in [-0.1, -0.05) is 6.92 Å². The third-order valence-corrected chi connectivity index (χ3v) is 4.30. The number of piperidine rings is 1. The van der Waals surface area contributed by atoms with Crippen LogP contribution >= 0.6 is 12.4 Å². The Labute approximate surface area is 141 Å². The molecule has 0 atom stereocenters. The molecule has 3 rings (SSSR count). The summed E-state index contributed by atoms with van der Waals surface area (Å²) in [5.74, 6) is 1.37. The Bertz CT molecular complexity index is 659. The first-order valence-corrected chi connectivity index (χ1v) is 7.67. The summed E-state index contributed by atoms with van der Waals surface area (Å²) >= 11 is 0. The van der Waals surface area contributed by atoms with Gasteiger partial charge >= 0.3 is 0 Å². The van der Waals surface area contributed by atoms with E-state index in [2.05, 4.69) is 27.8 Å². The zero-order valence-electron chi connectivity index (χ0n) is 13.4. The summed E-state index contributed by atoms with van der Waals surface area (Å²) < 4.78 is 5.52. The molecule has 126 valence electrons. The second-order valence-corrected chi connectivity index (χ2v) is 6.32. The van der Waals surface area contributed by atoms with Crippen LogP contribution < -0.4 is 10.6 Å². The number of aromatic amines is 1. The van der Waals surface area contributed by atoms with E-state index in [1.54, 1.807) is 6.07 Å². The predicted molar refractivity (Wildman–Crippen MR) is 90.8 cm³/mol. The highest BCUT2D eigenvalue weighted by Crippen LogP contribution is 2.27. The van der Waals surface area contributed by atoms with E-state index >= 15 is 0 Å². The molecule has 1 aliphatic rings. The largest absolute Gasteiger partial charge is 0.460 e. The van der Waals surface area contributed by atoms with Crippen LogP contribution in [0.25, 0.3) is 11.5 Å². The monoisotopic (exact) mass is 338 g/mol. The van der Waals surface area contributed by atoms with Crippen molar-refractivity contribution in [3.05, 3.63) is 29.7 Å². The van der Waals surface area contributed by atoms with Crippen molar-refractivity contribution in [2.75, 3.05) is 19.6 Å². The molecule has 3 N–H and O–H groups in total. The molecule has 0 radical (unpaired) electrons. The number of hydrogen-bond donors (Lipinski definition) is 3. The highest BCUT2D eigenvalue weighted by molar-refractivity contribution is 5.93. The highest BCUT2D eigenvalue weighted by atomic mass is 35.5. The third kappa shape index (κ3) is 4.14. The van der Waals surface area contributed by atoms with Crippen LogP contribution in [-0.4, -0.2) is 35.7 Å². The van der Waals surface area contributed by atoms with Crippen LogP contribution in [0.1, 0.15) is 36.0 Å². The molecule has 3 heterocycles. The van der Waals surface area contributed by atoms with E-state index in [0.717, 1.165) is 31.7 Å². The van der Waals surface area contributed by atoms with Crippen LogP contribution in [0.3, 0.4) is 0 Å². The Hall–Kier alpha value is -1.79. The lowest BCUT2D eigenvalue weighted by Crippen LogP contribution is -2.42. The number of hydrogen-bond acceptors (Lipinski definition) is 4. The Morgan fingerprint density at radius 3 is 2.78 bits per heavy atom. The van der Waals surface area contributed by atoms with Crippen molar-refractivity contribution in [1.82, 2.24) is 20.8 Å². The van der Waals surface area contributed by atoms with Crippen LogP contribution in [-0.2, 0) is 0 Å². The number of H-pyrrole nitrogens is 1. The van der Waals surface area contributed by atoms with Crippen molar-refractivity contribution in [1.29, 1.82) is 0 Å². The minimum atomic E-state index is -0.148. The SMILES string of the molecule is Cc1ccc(-c2cc(C(=O)NCC3(C)CCNCC3)n[nH]2)o1.Cl. The second-order valence-electron chi connectivity index (χ2n) is 6.32. The van der Waals surface area contributed by atoms with Crippen LogP contribution in [0.15, 0.2) is 22.6 Å². The maximum absolute atomic E-state index is 12.2. The van der Waals surface area contributed by atoms with Gasteiger partial charge in [0.15, 0.2) is 11.5 Å². The quantitative estimate of drug-likeness (QED) is 0.800. The van der Waals surface area contributed by atoms with Crippen LogP contribution in [0.4, 0.5) is 0 Å². The molecule has 0 saturated carbocycles. The average molecular weight is 339 g/mol. The van der Waals surface area contributed by atoms with Gasteiger partial charge in [-0.05, 0) is 50.4 Å². The summed E-state index contributed by atoms with van der Waals surface area (Å²) in [5, 5.41) is 13.3. The van der Waals surface area contributed by atoms with Gasteiger partial charge < -0.3 is 15.1 Å². The van der Waals surface area contributed by atoms with Gasteiger partial charge in [0.05, 0.1) is 0 Å². The summed E-state index contributed by atoms with van der Waals surface area (Å²) in [5.41, 5.74) is 1.27. The topological polar surface area (TPSA) is 83.0 Å². The Morgan fingerprint density at radius 1 is 1.39 bits per heavy atom. The number of rotatable bonds is 4. The van der Waals surface area contributed by atoms with Gasteiger partial charge in [0.1, 0.15) is 11.5 Å². The van der Waals surface area contributed by atoms with E-state index in [1.165, 1.54) is 0 Å². The smallest absolute Gasteiger partial charge is 0.271 e. The summed E-state index contributed by atoms with van der Waals surface area (Å²) in [6.07, 6.45) is 2.15. The molecule has 0 spiro atoms. The molecule has 7 heteroatoms. The van der Waals surface area contributed by atoms with Crippen molar-refractivity contribution in [3.63, 3.8) is 0 Å². The molecule has 1 saturated heterocycles. The number of halogens is 1. The van der Waals surface area contributed by atoms with E-state index in [9.17, 15) is 4.79 Å². The van der Waals surface area contributed by atoms with Crippen LogP contribution in [0.5, 0.6) is 0 Å². The Kier molecular flexibility index (Phi) is 5.49. The fourth-order valence-electron chi connectivity index (χ4n) is 2.73. The lowest BCUT2D eigenvalue weighted by molar-refractivity contribution is 0.0917. The summed E-state index contributed by atoms with van der Waals surface area (Å²) in [7, 11) is 0. The number of aromatic nitrogens is 2.